The summed E-state index contributed by atoms with van der Waals surface area (Å²) in [6.07, 6.45) is 1.30. The Morgan fingerprint density at radius 1 is 1.82 bits per heavy atom. The van der Waals surface area contributed by atoms with E-state index in [9.17, 15) is 4.79 Å². The van der Waals surface area contributed by atoms with Gasteiger partial charge in [0.25, 0.3) is 0 Å². The average Bonchev–Trinajstić information content (AvgIpc) is 2.40. The molecule has 0 radical (unpaired) electrons. The lowest BCUT2D eigenvalue weighted by atomic mass is 10.6. The molecule has 1 heterocycles. The number of hydrogen-bond donors (Lipinski definition) is 2. The third-order valence-electron chi connectivity index (χ3n) is 0.885. The van der Waals surface area contributed by atoms with Gasteiger partial charge >= 0.3 is 5.91 Å². The number of hydrogen-bond acceptors (Lipinski definition) is 3. The zero-order chi connectivity index (χ0) is 8.10. The van der Waals surface area contributed by atoms with Gasteiger partial charge in [0.15, 0.2) is 0 Å². The molecule has 0 aliphatic heterocycles. The zero-order valence-electron chi connectivity index (χ0n) is 5.88. The molecule has 0 unspecified atom stereocenters. The Morgan fingerprint density at radius 3 is 3.18 bits per heavy atom. The molecule has 11 heavy (non-hydrogen) atoms. The number of aromatic amines is 1. The van der Waals surface area contributed by atoms with Crippen LogP contribution in [0.5, 0.6) is 0 Å². The van der Waals surface area contributed by atoms with Crippen molar-refractivity contribution in [3.63, 3.8) is 0 Å². The van der Waals surface area contributed by atoms with Crippen LogP contribution in [0.25, 0.3) is 0 Å². The zero-order valence-corrected chi connectivity index (χ0v) is 5.88. The van der Waals surface area contributed by atoms with E-state index in [1.165, 1.54) is 6.33 Å². The molecule has 0 atom stereocenters. The van der Waals surface area contributed by atoms with Crippen LogP contribution < -0.4 is 5.32 Å². The number of amides is 1. The summed E-state index contributed by atoms with van der Waals surface area (Å²) in [6.45, 7) is 1.58. The van der Waals surface area contributed by atoms with E-state index in [4.69, 9.17) is 0 Å². The van der Waals surface area contributed by atoms with Gasteiger partial charge in [0, 0.05) is 0 Å². The van der Waals surface area contributed by atoms with E-state index < -0.39 is 5.91 Å². The Labute approximate surface area is 63.2 Å². The highest BCUT2D eigenvalue weighted by Crippen LogP contribution is 1.89. The summed E-state index contributed by atoms with van der Waals surface area (Å²) < 4.78 is 0. The Hall–Kier alpha value is -1.83. The fraction of sp³-hybridized carbons (Fsp3) is 0.167. The minimum atomic E-state index is -0.399. The quantitative estimate of drug-likeness (QED) is 0.543. The molecule has 0 spiro atoms. The van der Waals surface area contributed by atoms with Crippen LogP contribution in [0.2, 0.25) is 0 Å². The van der Waals surface area contributed by atoms with E-state index >= 15 is 0 Å². The minimum absolute atomic E-state index is 0.303. The van der Waals surface area contributed by atoms with E-state index in [-0.39, 0.29) is 0 Å². The third-order valence-corrected chi connectivity index (χ3v) is 0.885. The van der Waals surface area contributed by atoms with Crippen molar-refractivity contribution >= 4 is 11.9 Å². The monoisotopic (exact) mass is 150 g/mol. The van der Waals surface area contributed by atoms with Gasteiger partial charge in [0.1, 0.15) is 6.33 Å². The maximum Gasteiger partial charge on any atom is 0.302 e. The minimum Gasteiger partial charge on any atom is -0.284 e. The van der Waals surface area contributed by atoms with Gasteiger partial charge in [0.05, 0.1) is 0 Å². The Bertz CT molecular complexity index is 292. The number of anilines is 1. The number of rotatable bonds is 1. The maximum absolute atomic E-state index is 10.7. The Kier molecular flexibility index (Phi) is 2.23. The van der Waals surface area contributed by atoms with Gasteiger partial charge in [0.2, 0.25) is 5.95 Å². The predicted octanol–water partition coefficient (Wildman–Crippen LogP) is -0.234. The number of nitrogens with zero attached hydrogens (tertiary/aromatic N) is 2. The molecule has 5 heteroatoms. The van der Waals surface area contributed by atoms with Gasteiger partial charge < -0.3 is 0 Å². The molecule has 0 saturated heterocycles. The summed E-state index contributed by atoms with van der Waals surface area (Å²) in [5.41, 5.74) is 0. The van der Waals surface area contributed by atoms with Crippen LogP contribution in [0, 0.1) is 11.8 Å². The fourth-order valence-corrected chi connectivity index (χ4v) is 0.518. The van der Waals surface area contributed by atoms with Crippen molar-refractivity contribution in [1.29, 1.82) is 0 Å². The van der Waals surface area contributed by atoms with Gasteiger partial charge in [-0.3, -0.25) is 10.1 Å². The first-order valence-electron chi connectivity index (χ1n) is 2.92. The summed E-state index contributed by atoms with van der Waals surface area (Å²) in [5.74, 6) is 4.66. The molecule has 0 aliphatic carbocycles. The van der Waals surface area contributed by atoms with Crippen LogP contribution in [0.1, 0.15) is 6.92 Å². The SMILES string of the molecule is CC#CC(=O)Nc1ncn[nH]1. The van der Waals surface area contributed by atoms with Gasteiger partial charge in [-0.2, -0.15) is 10.1 Å². The van der Waals surface area contributed by atoms with Crippen LogP contribution in [0.4, 0.5) is 5.95 Å². The summed E-state index contributed by atoms with van der Waals surface area (Å²) in [7, 11) is 0. The van der Waals surface area contributed by atoms with Gasteiger partial charge in [-0.05, 0) is 12.8 Å². The number of aromatic nitrogens is 3. The molecular formula is C6H6N4O. The van der Waals surface area contributed by atoms with Gasteiger partial charge in [-0.1, -0.05) is 5.92 Å². The lowest BCUT2D eigenvalue weighted by molar-refractivity contribution is -0.111. The molecule has 0 aromatic carbocycles. The lowest BCUT2D eigenvalue weighted by Crippen LogP contribution is -2.09. The summed E-state index contributed by atoms with van der Waals surface area (Å²) >= 11 is 0. The molecule has 0 saturated carbocycles. The van der Waals surface area contributed by atoms with Crippen molar-refractivity contribution in [2.45, 2.75) is 6.92 Å². The Morgan fingerprint density at radius 2 is 2.64 bits per heavy atom. The van der Waals surface area contributed by atoms with Crippen LogP contribution in [-0.4, -0.2) is 21.1 Å². The second-order valence-electron chi connectivity index (χ2n) is 1.66. The normalized spacial score (nSPS) is 8.09. The number of H-pyrrole nitrogens is 1. The first kappa shape index (κ1) is 7.28. The van der Waals surface area contributed by atoms with Gasteiger partial charge in [-0.25, -0.2) is 5.10 Å². The molecule has 0 bridgehead atoms. The number of nitrogens with one attached hydrogen (secondary N) is 2. The van der Waals surface area contributed by atoms with Crippen LogP contribution >= 0.6 is 0 Å². The van der Waals surface area contributed by atoms with Crippen LogP contribution in [0.15, 0.2) is 6.33 Å². The fourth-order valence-electron chi connectivity index (χ4n) is 0.518. The molecule has 0 aliphatic rings. The first-order chi connectivity index (χ1) is 5.33. The standard InChI is InChI=1S/C6H6N4O/c1-2-3-5(11)9-6-7-4-8-10-6/h4H,1H3,(H2,7,8,9,10,11). The highest BCUT2D eigenvalue weighted by molar-refractivity contribution is 6.02. The van der Waals surface area contributed by atoms with Crippen molar-refractivity contribution in [2.24, 2.45) is 0 Å². The maximum atomic E-state index is 10.7. The Balaban J connectivity index is 2.55. The number of carbonyl (C=O) groups excluding carboxylic acids is 1. The van der Waals surface area contributed by atoms with Crippen molar-refractivity contribution < 1.29 is 4.79 Å². The molecule has 2 N–H and O–H groups in total. The molecule has 1 aromatic heterocycles. The van der Waals surface area contributed by atoms with E-state index in [2.05, 4.69) is 32.3 Å². The molecule has 1 rings (SSSR count). The molecular weight excluding hydrogens is 144 g/mol. The average molecular weight is 150 g/mol. The molecule has 1 aromatic rings. The summed E-state index contributed by atoms with van der Waals surface area (Å²) in [4.78, 5) is 14.4. The third kappa shape index (κ3) is 2.10. The smallest absolute Gasteiger partial charge is 0.284 e. The number of carbonyl (C=O) groups is 1. The van der Waals surface area contributed by atoms with Crippen molar-refractivity contribution in [3.8, 4) is 11.8 Å². The first-order valence-corrected chi connectivity index (χ1v) is 2.92. The van der Waals surface area contributed by atoms with E-state index in [0.717, 1.165) is 0 Å². The van der Waals surface area contributed by atoms with E-state index in [0.29, 0.717) is 5.95 Å². The second kappa shape index (κ2) is 3.37. The molecule has 5 nitrogen and oxygen atoms in total. The van der Waals surface area contributed by atoms with E-state index in [1.807, 2.05) is 0 Å². The highest BCUT2D eigenvalue weighted by atomic mass is 16.1. The van der Waals surface area contributed by atoms with E-state index in [1.54, 1.807) is 6.92 Å². The molecule has 56 valence electrons. The molecule has 0 fully saturated rings. The second-order valence-corrected chi connectivity index (χ2v) is 1.66. The summed E-state index contributed by atoms with van der Waals surface area (Å²) in [6, 6.07) is 0. The van der Waals surface area contributed by atoms with Crippen molar-refractivity contribution in [2.75, 3.05) is 5.32 Å². The van der Waals surface area contributed by atoms with Gasteiger partial charge in [-0.15, -0.1) is 0 Å². The van der Waals surface area contributed by atoms with Crippen LogP contribution in [0.3, 0.4) is 0 Å². The lowest BCUT2D eigenvalue weighted by Gasteiger charge is -1.90. The largest absolute Gasteiger partial charge is 0.302 e. The van der Waals surface area contributed by atoms with Crippen LogP contribution in [-0.2, 0) is 4.79 Å². The molecule has 1 amide bonds. The topological polar surface area (TPSA) is 70.7 Å². The van der Waals surface area contributed by atoms with Crippen molar-refractivity contribution in [1.82, 2.24) is 15.2 Å². The highest BCUT2D eigenvalue weighted by Gasteiger charge is 1.97. The predicted molar refractivity (Wildman–Crippen MR) is 38.5 cm³/mol. The van der Waals surface area contributed by atoms with Crippen molar-refractivity contribution in [3.05, 3.63) is 6.33 Å². The summed E-state index contributed by atoms with van der Waals surface area (Å²) in [5, 5.41) is 8.38.